The standard InChI is InChI=1S/C19H20F3NOS/c1-12-8-13(2)10-15(9-12)11-25-14(3)18(24)23-17-7-5-4-6-16(17)19(20,21)22/h4-10,14H,11H2,1-3H3,(H,23,24). The summed E-state index contributed by atoms with van der Waals surface area (Å²) in [6.07, 6.45) is -4.50. The van der Waals surface area contributed by atoms with Gasteiger partial charge in [-0.2, -0.15) is 13.2 Å². The maximum atomic E-state index is 13.0. The molecule has 1 atom stereocenters. The van der Waals surface area contributed by atoms with Crippen LogP contribution in [-0.2, 0) is 16.7 Å². The topological polar surface area (TPSA) is 29.1 Å². The fourth-order valence-electron chi connectivity index (χ4n) is 2.52. The van der Waals surface area contributed by atoms with Gasteiger partial charge in [-0.15, -0.1) is 11.8 Å². The Morgan fingerprint density at radius 3 is 2.32 bits per heavy atom. The van der Waals surface area contributed by atoms with E-state index in [2.05, 4.69) is 11.4 Å². The second-order valence-corrected chi connectivity index (χ2v) is 7.31. The molecule has 0 heterocycles. The lowest BCUT2D eigenvalue weighted by Crippen LogP contribution is -2.24. The summed E-state index contributed by atoms with van der Waals surface area (Å²) in [6, 6.07) is 11.2. The average molecular weight is 367 g/mol. The minimum atomic E-state index is -4.50. The Hall–Kier alpha value is -1.95. The normalized spacial score (nSPS) is 12.7. The number of anilines is 1. The minimum Gasteiger partial charge on any atom is -0.325 e. The molecule has 25 heavy (non-hydrogen) atoms. The summed E-state index contributed by atoms with van der Waals surface area (Å²) < 4.78 is 39.0. The maximum absolute atomic E-state index is 13.0. The number of benzene rings is 2. The molecule has 0 saturated carbocycles. The molecule has 1 N–H and O–H groups in total. The number of hydrogen-bond donors (Lipinski definition) is 1. The van der Waals surface area contributed by atoms with Gasteiger partial charge in [-0.3, -0.25) is 4.79 Å². The smallest absolute Gasteiger partial charge is 0.325 e. The van der Waals surface area contributed by atoms with Gasteiger partial charge in [0.05, 0.1) is 16.5 Å². The van der Waals surface area contributed by atoms with E-state index in [9.17, 15) is 18.0 Å². The SMILES string of the molecule is Cc1cc(C)cc(CSC(C)C(=O)Nc2ccccc2C(F)(F)F)c1. The number of thioether (sulfide) groups is 1. The van der Waals surface area contributed by atoms with Gasteiger partial charge < -0.3 is 5.32 Å². The van der Waals surface area contributed by atoms with Gasteiger partial charge in [0.2, 0.25) is 5.91 Å². The van der Waals surface area contributed by atoms with Crippen LogP contribution in [0, 0.1) is 13.8 Å². The molecule has 134 valence electrons. The highest BCUT2D eigenvalue weighted by molar-refractivity contribution is 7.99. The van der Waals surface area contributed by atoms with Crippen molar-refractivity contribution in [3.63, 3.8) is 0 Å². The quantitative estimate of drug-likeness (QED) is 0.747. The zero-order valence-corrected chi connectivity index (χ0v) is 15.1. The molecule has 1 amide bonds. The summed E-state index contributed by atoms with van der Waals surface area (Å²) in [4.78, 5) is 12.2. The first kappa shape index (κ1) is 19.4. The van der Waals surface area contributed by atoms with Gasteiger partial charge >= 0.3 is 6.18 Å². The van der Waals surface area contributed by atoms with E-state index in [0.717, 1.165) is 22.8 Å². The van der Waals surface area contributed by atoms with Crippen molar-refractivity contribution >= 4 is 23.4 Å². The van der Waals surface area contributed by atoms with Crippen LogP contribution in [0.3, 0.4) is 0 Å². The predicted octanol–water partition coefficient (Wildman–Crippen LogP) is 5.58. The fraction of sp³-hybridized carbons (Fsp3) is 0.316. The molecule has 0 aromatic heterocycles. The number of rotatable bonds is 5. The van der Waals surface area contributed by atoms with Crippen molar-refractivity contribution in [2.75, 3.05) is 5.32 Å². The number of carbonyl (C=O) groups excluding carboxylic acids is 1. The average Bonchev–Trinajstić information content (AvgIpc) is 2.51. The van der Waals surface area contributed by atoms with Gasteiger partial charge in [-0.25, -0.2) is 0 Å². The maximum Gasteiger partial charge on any atom is 0.418 e. The third kappa shape index (κ3) is 5.53. The fourth-order valence-corrected chi connectivity index (χ4v) is 3.34. The van der Waals surface area contributed by atoms with Crippen LogP contribution >= 0.6 is 11.8 Å². The number of hydrogen-bond acceptors (Lipinski definition) is 2. The highest BCUT2D eigenvalue weighted by Crippen LogP contribution is 2.34. The highest BCUT2D eigenvalue weighted by atomic mass is 32.2. The van der Waals surface area contributed by atoms with E-state index in [1.807, 2.05) is 26.0 Å². The molecule has 0 aliphatic carbocycles. The number of alkyl halides is 3. The van der Waals surface area contributed by atoms with Gasteiger partial charge in [-0.1, -0.05) is 41.5 Å². The molecular weight excluding hydrogens is 347 g/mol. The first-order valence-electron chi connectivity index (χ1n) is 7.82. The summed E-state index contributed by atoms with van der Waals surface area (Å²) >= 11 is 1.39. The summed E-state index contributed by atoms with van der Waals surface area (Å²) in [7, 11) is 0. The Kier molecular flexibility index (Phi) is 6.16. The van der Waals surface area contributed by atoms with Crippen LogP contribution in [0.15, 0.2) is 42.5 Å². The molecule has 2 aromatic carbocycles. The zero-order chi connectivity index (χ0) is 18.6. The van der Waals surface area contributed by atoms with Crippen LogP contribution in [0.4, 0.5) is 18.9 Å². The van der Waals surface area contributed by atoms with Crippen molar-refractivity contribution in [1.82, 2.24) is 0 Å². The van der Waals surface area contributed by atoms with Gasteiger partial charge in [0.15, 0.2) is 0 Å². The third-order valence-corrected chi connectivity index (χ3v) is 4.86. The Morgan fingerprint density at radius 1 is 1.12 bits per heavy atom. The molecule has 0 fully saturated rings. The van der Waals surface area contributed by atoms with Crippen LogP contribution in [0.25, 0.3) is 0 Å². The number of para-hydroxylation sites is 1. The molecule has 6 heteroatoms. The first-order valence-corrected chi connectivity index (χ1v) is 8.87. The molecule has 2 aromatic rings. The van der Waals surface area contributed by atoms with Crippen LogP contribution in [0.5, 0.6) is 0 Å². The van der Waals surface area contributed by atoms with Crippen molar-refractivity contribution in [3.05, 3.63) is 64.7 Å². The lowest BCUT2D eigenvalue weighted by atomic mass is 10.1. The molecule has 2 nitrogen and oxygen atoms in total. The molecule has 0 aliphatic heterocycles. The zero-order valence-electron chi connectivity index (χ0n) is 14.3. The molecule has 0 bridgehead atoms. The monoisotopic (exact) mass is 367 g/mol. The summed E-state index contributed by atoms with van der Waals surface area (Å²) in [5, 5.41) is 1.93. The Bertz CT molecular complexity index is 738. The van der Waals surface area contributed by atoms with E-state index < -0.39 is 22.9 Å². The molecule has 0 aliphatic rings. The Labute approximate surface area is 149 Å². The Morgan fingerprint density at radius 2 is 1.72 bits per heavy atom. The van der Waals surface area contributed by atoms with E-state index in [1.165, 1.54) is 30.0 Å². The largest absolute Gasteiger partial charge is 0.418 e. The Balaban J connectivity index is 2.01. The third-order valence-electron chi connectivity index (χ3n) is 3.64. The molecule has 0 saturated heterocycles. The first-order chi connectivity index (χ1) is 11.7. The number of nitrogens with one attached hydrogen (secondary N) is 1. The summed E-state index contributed by atoms with van der Waals surface area (Å²) in [6.45, 7) is 5.70. The van der Waals surface area contributed by atoms with Gasteiger partial charge in [0.25, 0.3) is 0 Å². The number of carbonyl (C=O) groups is 1. The second-order valence-electron chi connectivity index (χ2n) is 5.98. The van der Waals surface area contributed by atoms with E-state index in [1.54, 1.807) is 6.92 Å². The summed E-state index contributed by atoms with van der Waals surface area (Å²) in [5.41, 5.74) is 2.34. The highest BCUT2D eigenvalue weighted by Gasteiger charge is 2.33. The molecule has 0 radical (unpaired) electrons. The van der Waals surface area contributed by atoms with E-state index in [0.29, 0.717) is 5.75 Å². The minimum absolute atomic E-state index is 0.209. The van der Waals surface area contributed by atoms with Gasteiger partial charge in [0, 0.05) is 5.75 Å². The molecular formula is C19H20F3NOS. The lowest BCUT2D eigenvalue weighted by Gasteiger charge is -2.16. The predicted molar refractivity (Wildman–Crippen MR) is 96.7 cm³/mol. The van der Waals surface area contributed by atoms with Crippen molar-refractivity contribution in [1.29, 1.82) is 0 Å². The number of amides is 1. The summed E-state index contributed by atoms with van der Waals surface area (Å²) in [5.74, 6) is 0.184. The van der Waals surface area contributed by atoms with Crippen LogP contribution < -0.4 is 5.32 Å². The van der Waals surface area contributed by atoms with Crippen LogP contribution in [0.2, 0.25) is 0 Å². The number of halogens is 3. The van der Waals surface area contributed by atoms with E-state index in [-0.39, 0.29) is 5.69 Å². The van der Waals surface area contributed by atoms with Crippen molar-refractivity contribution < 1.29 is 18.0 Å². The van der Waals surface area contributed by atoms with E-state index >= 15 is 0 Å². The van der Waals surface area contributed by atoms with Crippen LogP contribution in [-0.4, -0.2) is 11.2 Å². The molecule has 0 spiro atoms. The van der Waals surface area contributed by atoms with Gasteiger partial charge in [-0.05, 0) is 38.5 Å². The van der Waals surface area contributed by atoms with Crippen molar-refractivity contribution in [3.8, 4) is 0 Å². The molecule has 2 rings (SSSR count). The number of aryl methyl sites for hydroxylation is 2. The second kappa shape index (κ2) is 7.95. The van der Waals surface area contributed by atoms with Gasteiger partial charge in [0.1, 0.15) is 0 Å². The van der Waals surface area contributed by atoms with E-state index in [4.69, 9.17) is 0 Å². The van der Waals surface area contributed by atoms with Crippen LogP contribution in [0.1, 0.15) is 29.2 Å². The molecule has 1 unspecified atom stereocenters. The van der Waals surface area contributed by atoms with Crippen molar-refractivity contribution in [2.45, 2.75) is 38.0 Å². The van der Waals surface area contributed by atoms with Crippen molar-refractivity contribution in [2.24, 2.45) is 0 Å². The lowest BCUT2D eigenvalue weighted by molar-refractivity contribution is -0.137.